The van der Waals surface area contributed by atoms with Crippen molar-refractivity contribution in [3.8, 4) is 11.5 Å². The van der Waals surface area contributed by atoms with Crippen molar-refractivity contribution in [2.24, 2.45) is 4.40 Å². The van der Waals surface area contributed by atoms with Gasteiger partial charge in [0.15, 0.2) is 16.7 Å². The first-order valence-electron chi connectivity index (χ1n) is 11.2. The first-order chi connectivity index (χ1) is 16.3. The van der Waals surface area contributed by atoms with E-state index in [0.29, 0.717) is 29.6 Å². The molecular formula is C25H30N2O5S2. The van der Waals surface area contributed by atoms with Crippen LogP contribution in [0.4, 0.5) is 0 Å². The zero-order valence-electron chi connectivity index (χ0n) is 19.9. The van der Waals surface area contributed by atoms with Crippen molar-refractivity contribution in [3.63, 3.8) is 0 Å². The molecule has 0 bridgehead atoms. The molecule has 34 heavy (non-hydrogen) atoms. The molecule has 9 heteroatoms. The number of ether oxygens (including phenoxy) is 2. The van der Waals surface area contributed by atoms with Gasteiger partial charge in [-0.05, 0) is 67.9 Å². The summed E-state index contributed by atoms with van der Waals surface area (Å²) >= 11 is 1.05. The average molecular weight is 503 g/mol. The second kappa shape index (κ2) is 11.6. The first kappa shape index (κ1) is 25.8. The van der Waals surface area contributed by atoms with Crippen LogP contribution in [0.3, 0.4) is 0 Å². The van der Waals surface area contributed by atoms with Crippen molar-refractivity contribution < 1.29 is 22.7 Å². The van der Waals surface area contributed by atoms with E-state index in [2.05, 4.69) is 11.3 Å². The molecule has 0 spiro atoms. The number of sulfonamides is 1. The Morgan fingerprint density at radius 3 is 2.44 bits per heavy atom. The number of nitrogens with zero attached hydrogens (tertiary/aromatic N) is 2. The van der Waals surface area contributed by atoms with E-state index in [1.165, 1.54) is 17.0 Å². The van der Waals surface area contributed by atoms with E-state index in [4.69, 9.17) is 9.47 Å². The van der Waals surface area contributed by atoms with E-state index in [1.807, 2.05) is 19.1 Å². The topological polar surface area (TPSA) is 85.3 Å². The van der Waals surface area contributed by atoms with Crippen LogP contribution in [0.15, 0.2) is 56.7 Å². The molecule has 0 aromatic heterocycles. The molecule has 1 heterocycles. The molecule has 1 fully saturated rings. The van der Waals surface area contributed by atoms with Crippen molar-refractivity contribution in [2.75, 3.05) is 20.3 Å². The summed E-state index contributed by atoms with van der Waals surface area (Å²) in [7, 11) is -2.36. The first-order valence-corrected chi connectivity index (χ1v) is 13.5. The molecule has 0 atom stereocenters. The highest BCUT2D eigenvalue weighted by Gasteiger charge is 2.34. The molecule has 0 saturated carbocycles. The summed E-state index contributed by atoms with van der Waals surface area (Å²) in [5, 5.41) is 0.142. The smallest absolute Gasteiger partial charge is 0.284 e. The van der Waals surface area contributed by atoms with Crippen molar-refractivity contribution in [3.05, 3.63) is 58.5 Å². The molecule has 182 valence electrons. The zero-order valence-corrected chi connectivity index (χ0v) is 21.5. The standard InChI is InChI=1S/C25H30N2O5S2/c1-5-7-8-15-32-22-16-19(11-14-21(22)31-4)17-23-24(28)27(6-2)25(33-23)26-34(29,30)20-12-9-18(3)10-13-20/h9-14,16-17H,5-8,15H2,1-4H3/b23-17-,26-25?. The molecule has 2 aromatic carbocycles. The number of likely N-dealkylation sites (N-methyl/N-ethyl adjacent to an activating group) is 1. The van der Waals surface area contributed by atoms with E-state index >= 15 is 0 Å². The van der Waals surface area contributed by atoms with E-state index in [0.717, 1.165) is 42.2 Å². The lowest BCUT2D eigenvalue weighted by atomic mass is 10.2. The highest BCUT2D eigenvalue weighted by atomic mass is 32.2. The number of amides is 1. The Labute approximate surface area is 205 Å². The fourth-order valence-electron chi connectivity index (χ4n) is 3.30. The number of carbonyl (C=O) groups excluding carboxylic acids is 1. The molecule has 2 aromatic rings. The lowest BCUT2D eigenvalue weighted by molar-refractivity contribution is -0.122. The van der Waals surface area contributed by atoms with E-state index in [1.54, 1.807) is 38.3 Å². The van der Waals surface area contributed by atoms with E-state index in [9.17, 15) is 13.2 Å². The van der Waals surface area contributed by atoms with Gasteiger partial charge in [0.2, 0.25) is 0 Å². The van der Waals surface area contributed by atoms with Crippen LogP contribution < -0.4 is 9.47 Å². The second-order valence-corrected chi connectivity index (χ2v) is 10.4. The summed E-state index contributed by atoms with van der Waals surface area (Å²) in [5.41, 5.74) is 1.70. The Hall–Kier alpha value is -2.78. The van der Waals surface area contributed by atoms with Crippen LogP contribution in [0.2, 0.25) is 0 Å². The number of amidine groups is 1. The maximum Gasteiger partial charge on any atom is 0.284 e. The fraction of sp³-hybridized carbons (Fsp3) is 0.360. The molecule has 7 nitrogen and oxygen atoms in total. The third-order valence-corrected chi connectivity index (χ3v) is 7.62. The molecule has 0 radical (unpaired) electrons. The Balaban J connectivity index is 1.88. The SMILES string of the molecule is CCCCCOc1cc(/C=C2\SC(=NS(=O)(=O)c3ccc(C)cc3)N(CC)C2=O)ccc1OC. The van der Waals surface area contributed by atoms with E-state index < -0.39 is 10.0 Å². The van der Waals surface area contributed by atoms with Crippen molar-refractivity contribution in [1.82, 2.24) is 4.90 Å². The number of unbranched alkanes of at least 4 members (excludes halogenated alkanes) is 2. The quantitative estimate of drug-likeness (QED) is 0.326. The Bertz CT molecular complexity index is 1190. The molecule has 1 saturated heterocycles. The van der Waals surface area contributed by atoms with Crippen molar-refractivity contribution in [1.29, 1.82) is 0 Å². The van der Waals surface area contributed by atoms with Gasteiger partial charge in [0, 0.05) is 6.54 Å². The minimum Gasteiger partial charge on any atom is -0.493 e. The van der Waals surface area contributed by atoms with Gasteiger partial charge in [-0.1, -0.05) is 43.5 Å². The number of benzene rings is 2. The van der Waals surface area contributed by atoms with Gasteiger partial charge >= 0.3 is 0 Å². The minimum absolute atomic E-state index is 0.0900. The molecular weight excluding hydrogens is 472 g/mol. The summed E-state index contributed by atoms with van der Waals surface area (Å²) < 4.78 is 40.9. The van der Waals surface area contributed by atoms with Crippen LogP contribution in [0.1, 0.15) is 44.2 Å². The molecule has 0 N–H and O–H groups in total. The Morgan fingerprint density at radius 2 is 1.79 bits per heavy atom. The maximum atomic E-state index is 13.0. The molecule has 1 aliphatic heterocycles. The molecule has 3 rings (SSSR count). The Morgan fingerprint density at radius 1 is 1.06 bits per heavy atom. The number of rotatable bonds is 10. The zero-order chi connectivity index (χ0) is 24.7. The number of thioether (sulfide) groups is 1. The fourth-order valence-corrected chi connectivity index (χ4v) is 5.55. The predicted molar refractivity (Wildman–Crippen MR) is 137 cm³/mol. The van der Waals surface area contributed by atoms with Crippen LogP contribution in [0.5, 0.6) is 11.5 Å². The summed E-state index contributed by atoms with van der Waals surface area (Å²) in [5.74, 6) is 0.934. The third-order valence-electron chi connectivity index (χ3n) is 5.21. The van der Waals surface area contributed by atoms with E-state index in [-0.39, 0.29) is 16.0 Å². The number of aryl methyl sites for hydroxylation is 1. The van der Waals surface area contributed by atoms with Crippen molar-refractivity contribution in [2.45, 2.75) is 44.9 Å². The van der Waals surface area contributed by atoms with Crippen LogP contribution in [-0.2, 0) is 14.8 Å². The number of hydrogen-bond acceptors (Lipinski definition) is 6. The second-order valence-electron chi connectivity index (χ2n) is 7.79. The van der Waals surface area contributed by atoms with Gasteiger partial charge in [-0.25, -0.2) is 0 Å². The van der Waals surface area contributed by atoms with Gasteiger partial charge in [0.05, 0.1) is 23.5 Å². The summed E-state index contributed by atoms with van der Waals surface area (Å²) in [6.07, 6.45) is 4.84. The number of methoxy groups -OCH3 is 1. The van der Waals surface area contributed by atoms with Gasteiger partial charge in [0.1, 0.15) is 0 Å². The normalized spacial score (nSPS) is 16.5. The van der Waals surface area contributed by atoms with Crippen LogP contribution in [0, 0.1) is 6.92 Å². The van der Waals surface area contributed by atoms with Crippen LogP contribution >= 0.6 is 11.8 Å². The van der Waals surface area contributed by atoms with Gasteiger partial charge in [-0.3, -0.25) is 9.69 Å². The van der Waals surface area contributed by atoms with Crippen LogP contribution in [-0.4, -0.2) is 44.7 Å². The molecule has 1 aliphatic rings. The van der Waals surface area contributed by atoms with Gasteiger partial charge in [-0.2, -0.15) is 8.42 Å². The predicted octanol–water partition coefficient (Wildman–Crippen LogP) is 5.25. The molecule has 0 unspecified atom stereocenters. The largest absolute Gasteiger partial charge is 0.493 e. The number of carbonyl (C=O) groups is 1. The highest BCUT2D eigenvalue weighted by molar-refractivity contribution is 8.19. The van der Waals surface area contributed by atoms with Crippen molar-refractivity contribution >= 4 is 38.9 Å². The molecule has 1 amide bonds. The lowest BCUT2D eigenvalue weighted by Crippen LogP contribution is -2.29. The highest BCUT2D eigenvalue weighted by Crippen LogP contribution is 2.35. The summed E-state index contributed by atoms with van der Waals surface area (Å²) in [6, 6.07) is 11.9. The summed E-state index contributed by atoms with van der Waals surface area (Å²) in [4.78, 5) is 14.8. The summed E-state index contributed by atoms with van der Waals surface area (Å²) in [6.45, 7) is 6.68. The molecule has 0 aliphatic carbocycles. The van der Waals surface area contributed by atoms with Gasteiger partial charge in [0.25, 0.3) is 15.9 Å². The van der Waals surface area contributed by atoms with Gasteiger partial charge in [-0.15, -0.1) is 4.40 Å². The lowest BCUT2D eigenvalue weighted by Gasteiger charge is -2.12. The average Bonchev–Trinajstić information content (AvgIpc) is 3.10. The third kappa shape index (κ3) is 6.21. The maximum absolute atomic E-state index is 13.0. The van der Waals surface area contributed by atoms with Gasteiger partial charge < -0.3 is 9.47 Å². The minimum atomic E-state index is -3.94. The van der Waals surface area contributed by atoms with Crippen LogP contribution in [0.25, 0.3) is 6.08 Å². The number of hydrogen-bond donors (Lipinski definition) is 0. The Kier molecular flexibility index (Phi) is 8.79. The monoisotopic (exact) mass is 502 g/mol.